The van der Waals surface area contributed by atoms with Crippen molar-refractivity contribution in [3.05, 3.63) is 31.7 Å². The largest absolute Gasteiger partial charge is 0.377 e. The summed E-state index contributed by atoms with van der Waals surface area (Å²) in [6.07, 6.45) is 1.11. The number of benzene rings is 1. The van der Waals surface area contributed by atoms with E-state index in [2.05, 4.69) is 21.2 Å². The van der Waals surface area contributed by atoms with Gasteiger partial charge in [-0.05, 0) is 18.6 Å². The molecule has 0 aromatic heterocycles. The van der Waals surface area contributed by atoms with Crippen molar-refractivity contribution >= 4 is 38.9 Å². The Kier molecular flexibility index (Phi) is 3.86. The fraction of sp³-hybridized carbons (Fsp3) is 0.400. The molecule has 92 valence electrons. The molecule has 7 heteroatoms. The van der Waals surface area contributed by atoms with Gasteiger partial charge in [-0.1, -0.05) is 27.5 Å². The second-order valence-electron chi connectivity index (χ2n) is 3.70. The zero-order chi connectivity index (χ0) is 12.4. The van der Waals surface area contributed by atoms with Gasteiger partial charge in [0.1, 0.15) is 10.7 Å². The van der Waals surface area contributed by atoms with Gasteiger partial charge in [0, 0.05) is 17.6 Å². The quantitative estimate of drug-likeness (QED) is 0.683. The lowest BCUT2D eigenvalue weighted by Crippen LogP contribution is -2.33. The number of halogens is 2. The van der Waals surface area contributed by atoms with Crippen LogP contribution in [0.25, 0.3) is 0 Å². The molecule has 1 aromatic rings. The highest BCUT2D eigenvalue weighted by atomic mass is 79.9. The third kappa shape index (κ3) is 2.88. The molecule has 0 bridgehead atoms. The highest BCUT2D eigenvalue weighted by molar-refractivity contribution is 9.10. The molecular weight excluding hydrogens is 311 g/mol. The van der Waals surface area contributed by atoms with Gasteiger partial charge in [-0.2, -0.15) is 0 Å². The van der Waals surface area contributed by atoms with Gasteiger partial charge in [0.05, 0.1) is 11.0 Å². The van der Waals surface area contributed by atoms with Crippen molar-refractivity contribution in [3.8, 4) is 0 Å². The third-order valence-electron chi connectivity index (χ3n) is 2.52. The van der Waals surface area contributed by atoms with Crippen LogP contribution in [0.15, 0.2) is 16.6 Å². The molecule has 1 atom stereocenters. The Labute approximate surface area is 111 Å². The summed E-state index contributed by atoms with van der Waals surface area (Å²) in [6, 6.07) is 3.15. The highest BCUT2D eigenvalue weighted by Crippen LogP contribution is 2.36. The number of nitro groups is 1. The second-order valence-corrected chi connectivity index (χ2v) is 5.03. The summed E-state index contributed by atoms with van der Waals surface area (Å²) in [6.45, 7) is 1.31. The Morgan fingerprint density at radius 3 is 2.88 bits per heavy atom. The van der Waals surface area contributed by atoms with Crippen molar-refractivity contribution in [1.29, 1.82) is 0 Å². The van der Waals surface area contributed by atoms with Crippen LogP contribution in [-0.4, -0.2) is 24.2 Å². The molecule has 2 rings (SSSR count). The van der Waals surface area contributed by atoms with Crippen LogP contribution in [0.4, 0.5) is 11.4 Å². The first-order chi connectivity index (χ1) is 8.08. The van der Waals surface area contributed by atoms with Crippen molar-refractivity contribution in [2.24, 2.45) is 0 Å². The van der Waals surface area contributed by atoms with Gasteiger partial charge in [-0.3, -0.25) is 10.1 Å². The SMILES string of the molecule is O=[N+]([O-])c1c(Cl)cc(Br)cc1NC[C@@H]1CCO1. The van der Waals surface area contributed by atoms with Gasteiger partial charge < -0.3 is 10.1 Å². The molecule has 1 aliphatic rings. The van der Waals surface area contributed by atoms with Gasteiger partial charge >= 0.3 is 5.69 Å². The average Bonchev–Trinajstić information content (AvgIpc) is 2.12. The molecule has 5 nitrogen and oxygen atoms in total. The summed E-state index contributed by atoms with van der Waals surface area (Å²) in [5.41, 5.74) is 0.305. The lowest BCUT2D eigenvalue weighted by Gasteiger charge is -2.26. The monoisotopic (exact) mass is 320 g/mol. The Bertz CT molecular complexity index is 451. The normalized spacial score (nSPS) is 18.6. The van der Waals surface area contributed by atoms with Crippen LogP contribution >= 0.6 is 27.5 Å². The predicted octanol–water partition coefficient (Wildman–Crippen LogP) is 3.21. The number of anilines is 1. The van der Waals surface area contributed by atoms with Gasteiger partial charge in [0.25, 0.3) is 0 Å². The average molecular weight is 322 g/mol. The first kappa shape index (κ1) is 12.6. The minimum Gasteiger partial charge on any atom is -0.377 e. The number of nitrogens with one attached hydrogen (secondary N) is 1. The number of nitrogens with zero attached hydrogens (tertiary/aromatic N) is 1. The van der Waals surface area contributed by atoms with Crippen molar-refractivity contribution < 1.29 is 9.66 Å². The summed E-state index contributed by atoms with van der Waals surface area (Å²) in [7, 11) is 0. The Morgan fingerprint density at radius 1 is 1.65 bits per heavy atom. The maximum atomic E-state index is 10.9. The molecule has 1 saturated heterocycles. The van der Waals surface area contributed by atoms with Crippen LogP contribution in [0.3, 0.4) is 0 Å². The van der Waals surface area contributed by atoms with Crippen molar-refractivity contribution in [1.82, 2.24) is 0 Å². The maximum absolute atomic E-state index is 10.9. The molecule has 0 unspecified atom stereocenters. The molecule has 0 spiro atoms. The topological polar surface area (TPSA) is 64.4 Å². The Balaban J connectivity index is 2.20. The summed E-state index contributed by atoms with van der Waals surface area (Å²) in [5.74, 6) is 0. The van der Waals surface area contributed by atoms with Crippen LogP contribution < -0.4 is 5.32 Å². The number of ether oxygens (including phenoxy) is 1. The van der Waals surface area contributed by atoms with Crippen molar-refractivity contribution in [2.45, 2.75) is 12.5 Å². The van der Waals surface area contributed by atoms with Gasteiger partial charge in [-0.25, -0.2) is 0 Å². The highest BCUT2D eigenvalue weighted by Gasteiger charge is 2.22. The molecule has 1 heterocycles. The molecule has 1 aliphatic heterocycles. The fourth-order valence-electron chi connectivity index (χ4n) is 1.56. The molecule has 0 aliphatic carbocycles. The molecule has 1 N–H and O–H groups in total. The molecule has 1 fully saturated rings. The summed E-state index contributed by atoms with van der Waals surface area (Å²) in [5, 5.41) is 14.0. The smallest absolute Gasteiger partial charge is 0.310 e. The minimum atomic E-state index is -0.487. The number of hydrogen-bond acceptors (Lipinski definition) is 4. The van der Waals surface area contributed by atoms with E-state index in [0.29, 0.717) is 16.7 Å². The molecule has 17 heavy (non-hydrogen) atoms. The standard InChI is InChI=1S/C10H10BrClN2O3/c11-6-3-8(12)10(14(15)16)9(4-6)13-5-7-1-2-17-7/h3-4,7,13H,1-2,5H2/t7-/m0/s1. The molecule has 0 saturated carbocycles. The maximum Gasteiger partial charge on any atom is 0.310 e. The molecule has 1 aromatic carbocycles. The number of hydrogen-bond donors (Lipinski definition) is 1. The third-order valence-corrected chi connectivity index (χ3v) is 3.27. The lowest BCUT2D eigenvalue weighted by molar-refractivity contribution is -0.383. The van der Waals surface area contributed by atoms with E-state index >= 15 is 0 Å². The lowest BCUT2D eigenvalue weighted by atomic mass is 10.2. The van der Waals surface area contributed by atoms with Gasteiger partial charge in [-0.15, -0.1) is 0 Å². The Morgan fingerprint density at radius 2 is 2.35 bits per heavy atom. The van der Waals surface area contributed by atoms with E-state index in [1.807, 2.05) is 0 Å². The van der Waals surface area contributed by atoms with Crippen LogP contribution in [0, 0.1) is 10.1 Å². The zero-order valence-corrected chi connectivity index (χ0v) is 11.1. The zero-order valence-electron chi connectivity index (χ0n) is 8.78. The van der Waals surface area contributed by atoms with E-state index in [0.717, 1.165) is 13.0 Å². The fourth-order valence-corrected chi connectivity index (χ4v) is 2.43. The van der Waals surface area contributed by atoms with Crippen LogP contribution in [0.2, 0.25) is 5.02 Å². The van der Waals surface area contributed by atoms with Gasteiger partial charge in [0.2, 0.25) is 0 Å². The first-order valence-corrected chi connectivity index (χ1v) is 6.24. The van der Waals surface area contributed by atoms with Crippen molar-refractivity contribution in [3.63, 3.8) is 0 Å². The predicted molar refractivity (Wildman–Crippen MR) is 68.7 cm³/mol. The number of rotatable bonds is 4. The van der Waals surface area contributed by atoms with Crippen LogP contribution in [-0.2, 0) is 4.74 Å². The van der Waals surface area contributed by atoms with E-state index < -0.39 is 4.92 Å². The van der Waals surface area contributed by atoms with Crippen LogP contribution in [0.1, 0.15) is 6.42 Å². The minimum absolute atomic E-state index is 0.103. The summed E-state index contributed by atoms with van der Waals surface area (Å²) >= 11 is 9.11. The molecule has 0 radical (unpaired) electrons. The summed E-state index contributed by atoms with van der Waals surface area (Å²) < 4.78 is 5.94. The Hall–Kier alpha value is -0.850. The van der Waals surface area contributed by atoms with E-state index in [-0.39, 0.29) is 16.8 Å². The number of nitro benzene ring substituents is 1. The molecular formula is C10H10BrClN2O3. The molecule has 0 amide bonds. The van der Waals surface area contributed by atoms with Crippen molar-refractivity contribution in [2.75, 3.05) is 18.5 Å². The van der Waals surface area contributed by atoms with E-state index in [1.54, 1.807) is 6.07 Å². The second kappa shape index (κ2) is 5.20. The van der Waals surface area contributed by atoms with Crippen LogP contribution in [0.5, 0.6) is 0 Å². The van der Waals surface area contributed by atoms with E-state index in [9.17, 15) is 10.1 Å². The first-order valence-electron chi connectivity index (χ1n) is 5.07. The van der Waals surface area contributed by atoms with E-state index in [1.165, 1.54) is 6.07 Å². The van der Waals surface area contributed by atoms with E-state index in [4.69, 9.17) is 16.3 Å². The van der Waals surface area contributed by atoms with Gasteiger partial charge in [0.15, 0.2) is 0 Å². The summed E-state index contributed by atoms with van der Waals surface area (Å²) in [4.78, 5) is 10.4.